The summed E-state index contributed by atoms with van der Waals surface area (Å²) in [4.78, 5) is 28.2. The highest BCUT2D eigenvalue weighted by atomic mass is 32.2. The zero-order valence-corrected chi connectivity index (χ0v) is 16.3. The molecule has 27 heavy (non-hydrogen) atoms. The Hall–Kier alpha value is -2.04. The van der Waals surface area contributed by atoms with E-state index >= 15 is 0 Å². The fourth-order valence-corrected chi connectivity index (χ4v) is 5.29. The number of amides is 1. The van der Waals surface area contributed by atoms with Crippen molar-refractivity contribution in [1.82, 2.24) is 10.3 Å². The van der Waals surface area contributed by atoms with Crippen LogP contribution in [0.4, 0.5) is 0 Å². The number of esters is 1. The predicted octanol–water partition coefficient (Wildman–Crippen LogP) is 1.05. The van der Waals surface area contributed by atoms with E-state index in [0.717, 1.165) is 15.2 Å². The summed E-state index contributed by atoms with van der Waals surface area (Å²) in [5.41, 5.74) is 0.878. The Morgan fingerprint density at radius 1 is 1.37 bits per heavy atom. The van der Waals surface area contributed by atoms with Crippen LogP contribution in [0.3, 0.4) is 0 Å². The Morgan fingerprint density at radius 2 is 2.15 bits per heavy atom. The minimum absolute atomic E-state index is 0.0612. The molecule has 10 heteroatoms. The minimum Gasteiger partial charge on any atom is -0.451 e. The quantitative estimate of drug-likeness (QED) is 0.677. The van der Waals surface area contributed by atoms with Gasteiger partial charge in [-0.1, -0.05) is 12.1 Å². The fraction of sp³-hybridized carbons (Fsp3) is 0.471. The van der Waals surface area contributed by atoms with Crippen molar-refractivity contribution in [2.45, 2.75) is 32.1 Å². The molecule has 8 nitrogen and oxygen atoms in total. The summed E-state index contributed by atoms with van der Waals surface area (Å²) in [5, 5.41) is 3.34. The Bertz CT molecular complexity index is 907. The van der Waals surface area contributed by atoms with Crippen LogP contribution in [-0.2, 0) is 35.5 Å². The van der Waals surface area contributed by atoms with E-state index in [1.165, 1.54) is 18.3 Å². The molecule has 146 valence electrons. The van der Waals surface area contributed by atoms with Crippen molar-refractivity contribution in [2.24, 2.45) is 0 Å². The minimum atomic E-state index is -3.09. The van der Waals surface area contributed by atoms with Crippen LogP contribution in [0.1, 0.15) is 18.4 Å². The van der Waals surface area contributed by atoms with Crippen molar-refractivity contribution in [1.29, 1.82) is 0 Å². The topological polar surface area (TPSA) is 112 Å². The molecule has 0 spiro atoms. The summed E-state index contributed by atoms with van der Waals surface area (Å²) < 4.78 is 34.2. The van der Waals surface area contributed by atoms with E-state index in [9.17, 15) is 18.0 Å². The molecule has 1 aliphatic heterocycles. The van der Waals surface area contributed by atoms with Gasteiger partial charge in [0.05, 0.1) is 28.3 Å². The van der Waals surface area contributed by atoms with Crippen LogP contribution in [-0.4, -0.2) is 55.5 Å². The van der Waals surface area contributed by atoms with Gasteiger partial charge >= 0.3 is 5.97 Å². The van der Waals surface area contributed by atoms with Crippen LogP contribution in [0.25, 0.3) is 10.2 Å². The lowest BCUT2D eigenvalue weighted by molar-refractivity contribution is -0.159. The molecule has 1 fully saturated rings. The number of ether oxygens (including phenoxy) is 2. The van der Waals surface area contributed by atoms with Crippen LogP contribution in [0.15, 0.2) is 24.3 Å². The summed E-state index contributed by atoms with van der Waals surface area (Å²) in [7, 11) is -3.09. The number of hydrogen-bond acceptors (Lipinski definition) is 8. The van der Waals surface area contributed by atoms with Gasteiger partial charge in [-0.2, -0.15) is 0 Å². The SMILES string of the molecule is C[C@@H](OC(=O)COCc1nc2ccccc2s1)C(=O)N[C@H]1CCS(=O)(=O)C1. The smallest absolute Gasteiger partial charge is 0.332 e. The van der Waals surface area contributed by atoms with Crippen LogP contribution >= 0.6 is 11.3 Å². The zero-order chi connectivity index (χ0) is 19.4. The monoisotopic (exact) mass is 412 g/mol. The van der Waals surface area contributed by atoms with Crippen LogP contribution in [0.5, 0.6) is 0 Å². The highest BCUT2D eigenvalue weighted by molar-refractivity contribution is 7.91. The van der Waals surface area contributed by atoms with Crippen LogP contribution in [0.2, 0.25) is 0 Å². The van der Waals surface area contributed by atoms with Gasteiger partial charge in [0.15, 0.2) is 15.9 Å². The van der Waals surface area contributed by atoms with E-state index in [4.69, 9.17) is 9.47 Å². The van der Waals surface area contributed by atoms with Crippen LogP contribution in [0, 0.1) is 0 Å². The second-order valence-corrected chi connectivity index (χ2v) is 9.65. The molecule has 0 unspecified atom stereocenters. The number of sulfone groups is 1. The Labute approximate surface area is 160 Å². The van der Waals surface area contributed by atoms with Gasteiger partial charge in [0.25, 0.3) is 5.91 Å². The highest BCUT2D eigenvalue weighted by Crippen LogP contribution is 2.21. The third-order valence-corrected chi connectivity index (χ3v) is 6.82. The molecule has 2 heterocycles. The van der Waals surface area contributed by atoms with E-state index in [1.807, 2.05) is 24.3 Å². The molecule has 1 amide bonds. The number of carbonyl (C=O) groups is 2. The van der Waals surface area contributed by atoms with Gasteiger partial charge in [-0.3, -0.25) is 4.79 Å². The number of nitrogens with zero attached hydrogens (tertiary/aromatic N) is 1. The summed E-state index contributed by atoms with van der Waals surface area (Å²) in [5.74, 6) is -1.20. The van der Waals surface area contributed by atoms with Crippen molar-refractivity contribution in [2.75, 3.05) is 18.1 Å². The number of benzene rings is 1. The van der Waals surface area contributed by atoms with Gasteiger partial charge in [-0.15, -0.1) is 11.3 Å². The molecule has 3 rings (SSSR count). The molecule has 0 saturated carbocycles. The van der Waals surface area contributed by atoms with Gasteiger partial charge in [0, 0.05) is 6.04 Å². The number of nitrogens with one attached hydrogen (secondary N) is 1. The molecule has 1 saturated heterocycles. The van der Waals surface area contributed by atoms with Crippen molar-refractivity contribution < 1.29 is 27.5 Å². The number of aromatic nitrogens is 1. The third kappa shape index (κ3) is 5.47. The number of carbonyl (C=O) groups excluding carboxylic acids is 2. The number of hydrogen-bond donors (Lipinski definition) is 1. The normalized spacial score (nSPS) is 19.7. The Kier molecular flexibility index (Phi) is 6.08. The van der Waals surface area contributed by atoms with Gasteiger partial charge in [0.2, 0.25) is 0 Å². The molecule has 0 bridgehead atoms. The van der Waals surface area contributed by atoms with E-state index in [0.29, 0.717) is 6.42 Å². The maximum absolute atomic E-state index is 12.0. The summed E-state index contributed by atoms with van der Waals surface area (Å²) in [6.07, 6.45) is -0.646. The first-order valence-electron chi connectivity index (χ1n) is 8.45. The van der Waals surface area contributed by atoms with Crippen LogP contribution < -0.4 is 5.32 Å². The molecule has 0 radical (unpaired) electrons. The molecule has 1 aromatic carbocycles. The first kappa shape index (κ1) is 19.7. The molecule has 1 aliphatic rings. The zero-order valence-electron chi connectivity index (χ0n) is 14.7. The Morgan fingerprint density at radius 3 is 2.85 bits per heavy atom. The van der Waals surface area contributed by atoms with Crippen molar-refractivity contribution in [3.8, 4) is 0 Å². The second-order valence-electron chi connectivity index (χ2n) is 6.31. The van der Waals surface area contributed by atoms with E-state index in [1.54, 1.807) is 0 Å². The van der Waals surface area contributed by atoms with Gasteiger partial charge in [-0.05, 0) is 25.5 Å². The van der Waals surface area contributed by atoms with Gasteiger partial charge in [0.1, 0.15) is 11.6 Å². The lowest BCUT2D eigenvalue weighted by atomic mass is 10.2. The largest absolute Gasteiger partial charge is 0.451 e. The van der Waals surface area contributed by atoms with Crippen molar-refractivity contribution in [3.63, 3.8) is 0 Å². The van der Waals surface area contributed by atoms with E-state index < -0.39 is 33.9 Å². The molecule has 0 aliphatic carbocycles. The predicted molar refractivity (Wildman–Crippen MR) is 100 cm³/mol. The molecular weight excluding hydrogens is 392 g/mol. The number of fused-ring (bicyclic) bond motifs is 1. The van der Waals surface area contributed by atoms with Crippen molar-refractivity contribution >= 4 is 43.3 Å². The number of rotatable bonds is 7. The van der Waals surface area contributed by atoms with E-state index in [2.05, 4.69) is 10.3 Å². The molecule has 1 aromatic heterocycles. The number of para-hydroxylation sites is 1. The second kappa shape index (κ2) is 8.32. The van der Waals surface area contributed by atoms with Gasteiger partial charge in [-0.25, -0.2) is 18.2 Å². The summed E-state index contributed by atoms with van der Waals surface area (Å²) in [6.45, 7) is 1.31. The lowest BCUT2D eigenvalue weighted by Crippen LogP contribution is -2.42. The standard InChI is InChI=1S/C17H20N2O6S2/c1-11(17(21)18-12-6-7-27(22,23)10-12)25-16(20)9-24-8-15-19-13-4-2-3-5-14(13)26-15/h2-5,11-12H,6-10H2,1H3,(H,18,21)/t11-,12+/m1/s1. The first-order chi connectivity index (χ1) is 12.8. The average Bonchev–Trinajstić information content (AvgIpc) is 3.16. The average molecular weight is 412 g/mol. The van der Waals surface area contributed by atoms with E-state index in [-0.39, 0.29) is 24.7 Å². The first-order valence-corrected chi connectivity index (χ1v) is 11.1. The number of thiazole rings is 1. The molecule has 2 aromatic rings. The lowest BCUT2D eigenvalue weighted by Gasteiger charge is -2.16. The highest BCUT2D eigenvalue weighted by Gasteiger charge is 2.30. The molecular formula is C17H20N2O6S2. The maximum Gasteiger partial charge on any atom is 0.332 e. The molecule has 1 N–H and O–H groups in total. The van der Waals surface area contributed by atoms with Crippen molar-refractivity contribution in [3.05, 3.63) is 29.3 Å². The summed E-state index contributed by atoms with van der Waals surface area (Å²) >= 11 is 1.48. The van der Waals surface area contributed by atoms with Gasteiger partial charge < -0.3 is 14.8 Å². The fourth-order valence-electron chi connectivity index (χ4n) is 2.72. The summed E-state index contributed by atoms with van der Waals surface area (Å²) in [6, 6.07) is 7.26. The maximum atomic E-state index is 12.0. The Balaban J connectivity index is 1.39. The molecule has 2 atom stereocenters. The third-order valence-electron chi connectivity index (χ3n) is 4.04.